The van der Waals surface area contributed by atoms with E-state index in [1.165, 1.54) is 24.5 Å². The number of alkyl halides is 2. The molecule has 1 heterocycles. The van der Waals surface area contributed by atoms with E-state index in [4.69, 9.17) is 32.4 Å². The zero-order valence-electron chi connectivity index (χ0n) is 20.4. The Labute approximate surface area is 219 Å². The molecule has 0 aromatic carbocycles. The van der Waals surface area contributed by atoms with Crippen LogP contribution in [0, 0.1) is 28.6 Å². The van der Waals surface area contributed by atoms with Gasteiger partial charge in [0.1, 0.15) is 5.60 Å². The molecule has 194 valence electrons. The van der Waals surface area contributed by atoms with Gasteiger partial charge in [-0.2, -0.15) is 0 Å². The van der Waals surface area contributed by atoms with E-state index in [-0.39, 0.29) is 29.8 Å². The number of aliphatic hydroxyl groups is 2. The third-order valence-corrected chi connectivity index (χ3v) is 10.9. The van der Waals surface area contributed by atoms with Crippen LogP contribution in [-0.4, -0.2) is 49.9 Å². The van der Waals surface area contributed by atoms with Crippen LogP contribution in [0.1, 0.15) is 57.0 Å². The summed E-state index contributed by atoms with van der Waals surface area (Å²) in [5, 5.41) is 23.7. The van der Waals surface area contributed by atoms with Crippen LogP contribution in [0.4, 0.5) is 0 Å². The highest BCUT2D eigenvalue weighted by atomic mass is 35.5. The fourth-order valence-corrected chi connectivity index (χ4v) is 8.61. The first kappa shape index (κ1) is 25.7. The Morgan fingerprint density at radius 3 is 2.67 bits per heavy atom. The molecule has 9 heteroatoms. The summed E-state index contributed by atoms with van der Waals surface area (Å²) in [7, 11) is 0. The molecule has 7 nitrogen and oxygen atoms in total. The number of allylic oxidation sites excluding steroid dienone is 4. The number of halogens is 2. The third-order valence-electron chi connectivity index (χ3n) is 9.74. The number of esters is 1. The first-order chi connectivity index (χ1) is 16.8. The Hall–Kier alpha value is -1.93. The van der Waals surface area contributed by atoms with Crippen LogP contribution in [0.5, 0.6) is 0 Å². The van der Waals surface area contributed by atoms with Gasteiger partial charge in [-0.25, -0.2) is 4.79 Å². The standard InChI is InChI=1S/C27H30Cl2O7/c1-14-11-18-17-7-6-15-12-16(30)8-9-24(15,2)26(17,29)20(31)13-25(18,3)27(14,34)21(32)22(28)36-23(33)19-5-4-10-35-19/h4-5,8-10,12,14,17-18,20,22,31,34H,6-7,11,13H2,1-3H3/t14-,17+,18+,20?,22?,24+,25+,26+,27+/m1/s1. The second kappa shape index (κ2) is 8.29. The van der Waals surface area contributed by atoms with Gasteiger partial charge in [0.25, 0.3) is 0 Å². The van der Waals surface area contributed by atoms with Crippen molar-refractivity contribution < 1.29 is 33.8 Å². The molecule has 4 aliphatic rings. The maximum absolute atomic E-state index is 13.7. The molecular weight excluding hydrogens is 507 g/mol. The van der Waals surface area contributed by atoms with Crippen molar-refractivity contribution in [3.8, 4) is 0 Å². The average Bonchev–Trinajstić information content (AvgIpc) is 3.43. The van der Waals surface area contributed by atoms with Gasteiger partial charge < -0.3 is 19.4 Å². The van der Waals surface area contributed by atoms with Crippen molar-refractivity contribution in [2.75, 3.05) is 0 Å². The van der Waals surface area contributed by atoms with Gasteiger partial charge in [0.2, 0.25) is 17.1 Å². The number of hydrogen-bond donors (Lipinski definition) is 2. The molecule has 3 saturated carbocycles. The van der Waals surface area contributed by atoms with E-state index in [2.05, 4.69) is 0 Å². The maximum atomic E-state index is 13.7. The minimum atomic E-state index is -1.96. The highest BCUT2D eigenvalue weighted by Crippen LogP contribution is 2.71. The fraction of sp³-hybridized carbons (Fsp3) is 0.593. The van der Waals surface area contributed by atoms with Gasteiger partial charge in [-0.3, -0.25) is 9.59 Å². The normalized spacial score (nSPS) is 44.2. The van der Waals surface area contributed by atoms with E-state index in [0.717, 1.165) is 5.57 Å². The lowest BCUT2D eigenvalue weighted by Gasteiger charge is -2.63. The summed E-state index contributed by atoms with van der Waals surface area (Å²) >= 11 is 13.7. The lowest BCUT2D eigenvalue weighted by atomic mass is 9.45. The van der Waals surface area contributed by atoms with Gasteiger partial charge in [-0.05, 0) is 67.7 Å². The predicted octanol–water partition coefficient (Wildman–Crippen LogP) is 4.19. The molecule has 2 N–H and O–H groups in total. The Morgan fingerprint density at radius 1 is 1.28 bits per heavy atom. The minimum Gasteiger partial charge on any atom is -0.457 e. The Bertz CT molecular complexity index is 1170. The van der Waals surface area contributed by atoms with Crippen molar-refractivity contribution in [1.29, 1.82) is 0 Å². The van der Waals surface area contributed by atoms with E-state index in [9.17, 15) is 24.6 Å². The van der Waals surface area contributed by atoms with Crippen LogP contribution in [0.2, 0.25) is 0 Å². The van der Waals surface area contributed by atoms with Crippen molar-refractivity contribution >= 4 is 40.7 Å². The highest BCUT2D eigenvalue weighted by Gasteiger charge is 2.75. The third kappa shape index (κ3) is 3.15. The summed E-state index contributed by atoms with van der Waals surface area (Å²) in [6, 6.07) is 2.89. The zero-order chi connectivity index (χ0) is 26.3. The van der Waals surface area contributed by atoms with Crippen LogP contribution in [0.3, 0.4) is 0 Å². The molecule has 0 saturated heterocycles. The molecule has 4 aliphatic carbocycles. The number of carbonyl (C=O) groups excluding carboxylic acids is 3. The molecule has 0 amide bonds. The van der Waals surface area contributed by atoms with Crippen LogP contribution in [0.25, 0.3) is 0 Å². The molecule has 1 aromatic heterocycles. The van der Waals surface area contributed by atoms with Gasteiger partial charge in [0, 0.05) is 10.8 Å². The summed E-state index contributed by atoms with van der Waals surface area (Å²) in [5.74, 6) is -2.91. The number of ether oxygens (including phenoxy) is 1. The summed E-state index contributed by atoms with van der Waals surface area (Å²) in [6.45, 7) is 5.52. The first-order valence-electron chi connectivity index (χ1n) is 12.3. The minimum absolute atomic E-state index is 0.0463. The van der Waals surface area contributed by atoms with Crippen LogP contribution >= 0.6 is 23.2 Å². The molecule has 3 fully saturated rings. The monoisotopic (exact) mass is 536 g/mol. The van der Waals surface area contributed by atoms with E-state index >= 15 is 0 Å². The van der Waals surface area contributed by atoms with Crippen molar-refractivity contribution in [2.45, 2.75) is 68.6 Å². The second-order valence-electron chi connectivity index (χ2n) is 11.2. The number of fused-ring (bicyclic) bond motifs is 5. The molecule has 9 atom stereocenters. The molecule has 0 radical (unpaired) electrons. The topological polar surface area (TPSA) is 114 Å². The zero-order valence-corrected chi connectivity index (χ0v) is 21.9. The van der Waals surface area contributed by atoms with Crippen molar-refractivity contribution in [1.82, 2.24) is 0 Å². The van der Waals surface area contributed by atoms with E-state index in [1.807, 2.05) is 6.92 Å². The summed E-state index contributed by atoms with van der Waals surface area (Å²) in [4.78, 5) is 36.9. The molecule has 36 heavy (non-hydrogen) atoms. The number of ketones is 2. The fourth-order valence-electron chi connectivity index (χ4n) is 7.84. The van der Waals surface area contributed by atoms with Gasteiger partial charge in [-0.15, -0.1) is 11.6 Å². The second-order valence-corrected chi connectivity index (χ2v) is 12.3. The van der Waals surface area contributed by atoms with Gasteiger partial charge in [0.05, 0.1) is 17.2 Å². The molecule has 0 aliphatic heterocycles. The summed E-state index contributed by atoms with van der Waals surface area (Å²) in [5.41, 5.74) is -4.61. The maximum Gasteiger partial charge on any atom is 0.376 e. The lowest BCUT2D eigenvalue weighted by molar-refractivity contribution is -0.181. The van der Waals surface area contributed by atoms with E-state index in [0.29, 0.717) is 19.3 Å². The molecule has 0 bridgehead atoms. The SMILES string of the molecule is C[C@@H]1C[C@H]2[C@@H]3CCC4=CC(=O)C=C[C@]4(C)[C@@]3(Cl)C(O)C[C@]2(C)[C@@]1(O)C(=O)C(Cl)OC(=O)c1ccco1. The first-order valence-corrected chi connectivity index (χ1v) is 13.1. The quantitative estimate of drug-likeness (QED) is 0.438. The summed E-state index contributed by atoms with van der Waals surface area (Å²) in [6.07, 6.45) is 6.90. The van der Waals surface area contributed by atoms with E-state index in [1.54, 1.807) is 26.0 Å². The largest absolute Gasteiger partial charge is 0.457 e. The van der Waals surface area contributed by atoms with Crippen molar-refractivity contribution in [3.63, 3.8) is 0 Å². The number of aliphatic hydroxyl groups excluding tert-OH is 1. The highest BCUT2D eigenvalue weighted by molar-refractivity contribution is 6.32. The van der Waals surface area contributed by atoms with Crippen molar-refractivity contribution in [3.05, 3.63) is 48.0 Å². The number of rotatable bonds is 4. The predicted molar refractivity (Wildman–Crippen MR) is 131 cm³/mol. The van der Waals surface area contributed by atoms with Gasteiger partial charge >= 0.3 is 5.97 Å². The Morgan fingerprint density at radius 2 is 2.00 bits per heavy atom. The van der Waals surface area contributed by atoms with Crippen LogP contribution in [-0.2, 0) is 14.3 Å². The molecule has 1 aromatic rings. The van der Waals surface area contributed by atoms with Gasteiger partial charge in [0.15, 0.2) is 5.78 Å². The Kier molecular flexibility index (Phi) is 5.92. The number of Topliss-reactive ketones (excluding diaryl/α,β-unsaturated/α-hetero) is 1. The lowest BCUT2D eigenvalue weighted by Crippen LogP contribution is -2.69. The number of hydrogen-bond acceptors (Lipinski definition) is 7. The Balaban J connectivity index is 1.49. The molecule has 2 unspecified atom stereocenters. The molecule has 0 spiro atoms. The van der Waals surface area contributed by atoms with Crippen LogP contribution in [0.15, 0.2) is 46.6 Å². The average molecular weight is 537 g/mol. The van der Waals surface area contributed by atoms with Gasteiger partial charge in [-0.1, -0.05) is 44.0 Å². The number of furan rings is 1. The molecular formula is C27H30Cl2O7. The smallest absolute Gasteiger partial charge is 0.376 e. The summed E-state index contributed by atoms with van der Waals surface area (Å²) < 4.78 is 10.2. The number of carbonyl (C=O) groups is 3. The van der Waals surface area contributed by atoms with Crippen molar-refractivity contribution in [2.24, 2.45) is 28.6 Å². The molecule has 5 rings (SSSR count). The van der Waals surface area contributed by atoms with Crippen LogP contribution < -0.4 is 0 Å². The van der Waals surface area contributed by atoms with E-state index < -0.39 is 50.6 Å².